The van der Waals surface area contributed by atoms with E-state index in [-0.39, 0.29) is 5.82 Å². The molecule has 1 heterocycles. The molecule has 0 bridgehead atoms. The van der Waals surface area contributed by atoms with E-state index >= 15 is 0 Å². The number of hydrogen-bond donors (Lipinski definition) is 0. The second kappa shape index (κ2) is 7.48. The van der Waals surface area contributed by atoms with Crippen molar-refractivity contribution in [3.63, 3.8) is 0 Å². The van der Waals surface area contributed by atoms with E-state index < -0.39 is 0 Å². The van der Waals surface area contributed by atoms with Gasteiger partial charge in [0.15, 0.2) is 0 Å². The number of benzene rings is 1. The minimum atomic E-state index is -0.268. The maximum atomic E-state index is 13.0. The van der Waals surface area contributed by atoms with E-state index in [0.717, 1.165) is 38.3 Å². The highest BCUT2D eigenvalue weighted by atomic mass is 35.5. The van der Waals surface area contributed by atoms with Gasteiger partial charge < -0.3 is 0 Å². The van der Waals surface area contributed by atoms with Crippen LogP contribution in [0.3, 0.4) is 0 Å². The van der Waals surface area contributed by atoms with Crippen molar-refractivity contribution in [2.75, 3.05) is 44.7 Å². The van der Waals surface area contributed by atoms with Gasteiger partial charge in [-0.2, -0.15) is 11.8 Å². The lowest BCUT2D eigenvalue weighted by atomic mass is 10.2. The van der Waals surface area contributed by atoms with Gasteiger partial charge in [-0.3, -0.25) is 9.80 Å². The highest BCUT2D eigenvalue weighted by Crippen LogP contribution is 2.19. The van der Waals surface area contributed by atoms with Crippen LogP contribution in [-0.2, 0) is 6.54 Å². The average Bonchev–Trinajstić information content (AvgIpc) is 2.41. The van der Waals surface area contributed by atoms with Crippen LogP contribution < -0.4 is 0 Å². The molecule has 5 heteroatoms. The molecule has 0 spiro atoms. The number of rotatable bonds is 5. The highest BCUT2D eigenvalue weighted by molar-refractivity contribution is 7.98. The van der Waals surface area contributed by atoms with Crippen molar-refractivity contribution in [2.24, 2.45) is 0 Å². The predicted molar refractivity (Wildman–Crippen MR) is 81.5 cm³/mol. The molecule has 1 aliphatic rings. The first-order valence-corrected chi connectivity index (χ1v) is 8.34. The molecule has 0 N–H and O–H groups in total. The van der Waals surface area contributed by atoms with E-state index in [0.29, 0.717) is 5.02 Å². The van der Waals surface area contributed by atoms with Crippen molar-refractivity contribution >= 4 is 23.4 Å². The Morgan fingerprint density at radius 3 is 2.53 bits per heavy atom. The van der Waals surface area contributed by atoms with Gasteiger partial charge in [-0.15, -0.1) is 0 Å². The van der Waals surface area contributed by atoms with Gasteiger partial charge in [0, 0.05) is 50.0 Å². The fourth-order valence-electron chi connectivity index (χ4n) is 2.28. The van der Waals surface area contributed by atoms with Gasteiger partial charge in [-0.25, -0.2) is 4.39 Å². The minimum Gasteiger partial charge on any atom is -0.300 e. The predicted octanol–water partition coefficient (Wildman–Crippen LogP) is 2.96. The molecule has 2 nitrogen and oxygen atoms in total. The summed E-state index contributed by atoms with van der Waals surface area (Å²) in [7, 11) is 0. The summed E-state index contributed by atoms with van der Waals surface area (Å²) in [6, 6.07) is 4.67. The lowest BCUT2D eigenvalue weighted by molar-refractivity contribution is 0.133. The first kappa shape index (κ1) is 15.1. The molecule has 106 valence electrons. The van der Waals surface area contributed by atoms with E-state index in [4.69, 9.17) is 11.6 Å². The zero-order valence-corrected chi connectivity index (χ0v) is 12.8. The fraction of sp³-hybridized carbons (Fsp3) is 0.571. The second-order valence-corrected chi connectivity index (χ2v) is 6.24. The Labute approximate surface area is 123 Å². The summed E-state index contributed by atoms with van der Waals surface area (Å²) in [6.07, 6.45) is 2.15. The summed E-state index contributed by atoms with van der Waals surface area (Å²) in [5, 5.41) is 0.532. The standard InChI is InChI=1S/C14H20ClFN2S/c1-19-9-8-17-4-6-18(7-5-17)11-12-2-3-13(16)10-14(12)15/h2-3,10H,4-9,11H2,1H3. The number of thioether (sulfide) groups is 1. The van der Waals surface area contributed by atoms with Crippen molar-refractivity contribution in [2.45, 2.75) is 6.54 Å². The molecule has 0 amide bonds. The first-order valence-electron chi connectivity index (χ1n) is 6.56. The van der Waals surface area contributed by atoms with Crippen molar-refractivity contribution in [1.29, 1.82) is 0 Å². The molecule has 19 heavy (non-hydrogen) atoms. The monoisotopic (exact) mass is 302 g/mol. The normalized spacial score (nSPS) is 17.8. The lowest BCUT2D eigenvalue weighted by Gasteiger charge is -2.34. The zero-order chi connectivity index (χ0) is 13.7. The van der Waals surface area contributed by atoms with E-state index in [1.165, 1.54) is 24.4 Å². The molecular weight excluding hydrogens is 283 g/mol. The molecular formula is C14H20ClFN2S. The van der Waals surface area contributed by atoms with Crippen molar-refractivity contribution in [3.8, 4) is 0 Å². The maximum Gasteiger partial charge on any atom is 0.124 e. The molecule has 0 saturated carbocycles. The Bertz CT molecular complexity index is 408. The summed E-state index contributed by atoms with van der Waals surface area (Å²) < 4.78 is 13.0. The third-order valence-electron chi connectivity index (χ3n) is 3.49. The molecule has 1 aromatic carbocycles. The van der Waals surface area contributed by atoms with Gasteiger partial charge >= 0.3 is 0 Å². The van der Waals surface area contributed by atoms with Crippen LogP contribution >= 0.6 is 23.4 Å². The molecule has 1 aliphatic heterocycles. The topological polar surface area (TPSA) is 6.48 Å². The molecule has 2 rings (SSSR count). The molecule has 0 aromatic heterocycles. The minimum absolute atomic E-state index is 0.268. The molecule has 0 atom stereocenters. The van der Waals surface area contributed by atoms with Crippen LogP contribution in [0.25, 0.3) is 0 Å². The Morgan fingerprint density at radius 2 is 1.89 bits per heavy atom. The van der Waals surface area contributed by atoms with Crippen LogP contribution in [0.1, 0.15) is 5.56 Å². The van der Waals surface area contributed by atoms with Crippen LogP contribution in [0, 0.1) is 5.82 Å². The molecule has 1 saturated heterocycles. The zero-order valence-electron chi connectivity index (χ0n) is 11.2. The third kappa shape index (κ3) is 4.63. The molecule has 0 unspecified atom stereocenters. The van der Waals surface area contributed by atoms with E-state index in [9.17, 15) is 4.39 Å². The van der Waals surface area contributed by atoms with Crippen LogP contribution in [0.4, 0.5) is 4.39 Å². The fourth-order valence-corrected chi connectivity index (χ4v) is 2.95. The quantitative estimate of drug-likeness (QED) is 0.826. The van der Waals surface area contributed by atoms with Gasteiger partial charge in [0.1, 0.15) is 5.82 Å². The molecule has 0 aliphatic carbocycles. The maximum absolute atomic E-state index is 13.0. The Hall–Kier alpha value is -0.290. The SMILES string of the molecule is CSCCN1CCN(Cc2ccc(F)cc2Cl)CC1. The summed E-state index contributed by atoms with van der Waals surface area (Å²) in [6.45, 7) is 6.32. The third-order valence-corrected chi connectivity index (χ3v) is 4.43. The molecule has 1 fully saturated rings. The largest absolute Gasteiger partial charge is 0.300 e. The average molecular weight is 303 g/mol. The Morgan fingerprint density at radius 1 is 1.21 bits per heavy atom. The smallest absolute Gasteiger partial charge is 0.124 e. The van der Waals surface area contributed by atoms with Crippen molar-refractivity contribution in [1.82, 2.24) is 9.80 Å². The Balaban J connectivity index is 1.82. The number of halogens is 2. The van der Waals surface area contributed by atoms with Gasteiger partial charge in [0.2, 0.25) is 0 Å². The second-order valence-electron chi connectivity index (χ2n) is 4.85. The highest BCUT2D eigenvalue weighted by Gasteiger charge is 2.17. The van der Waals surface area contributed by atoms with Crippen LogP contribution in [-0.4, -0.2) is 54.5 Å². The van der Waals surface area contributed by atoms with Crippen LogP contribution in [0.2, 0.25) is 5.02 Å². The lowest BCUT2D eigenvalue weighted by Crippen LogP contribution is -2.46. The van der Waals surface area contributed by atoms with Crippen LogP contribution in [0.15, 0.2) is 18.2 Å². The van der Waals surface area contributed by atoms with Gasteiger partial charge in [-0.05, 0) is 24.0 Å². The number of nitrogens with zero attached hydrogens (tertiary/aromatic N) is 2. The number of hydrogen-bond acceptors (Lipinski definition) is 3. The summed E-state index contributed by atoms with van der Waals surface area (Å²) in [5.41, 5.74) is 1.01. The number of piperazine rings is 1. The molecule has 1 aromatic rings. The van der Waals surface area contributed by atoms with Crippen molar-refractivity contribution in [3.05, 3.63) is 34.6 Å². The van der Waals surface area contributed by atoms with Gasteiger partial charge in [-0.1, -0.05) is 17.7 Å². The summed E-state index contributed by atoms with van der Waals surface area (Å²) in [5.74, 6) is 0.930. The Kier molecular flexibility index (Phi) is 5.95. The summed E-state index contributed by atoms with van der Waals surface area (Å²) >= 11 is 7.96. The first-order chi connectivity index (χ1) is 9.19. The van der Waals surface area contributed by atoms with Crippen molar-refractivity contribution < 1.29 is 4.39 Å². The van der Waals surface area contributed by atoms with E-state index in [1.807, 2.05) is 11.8 Å². The van der Waals surface area contributed by atoms with E-state index in [1.54, 1.807) is 6.07 Å². The summed E-state index contributed by atoms with van der Waals surface area (Å²) in [4.78, 5) is 4.88. The van der Waals surface area contributed by atoms with Crippen LogP contribution in [0.5, 0.6) is 0 Å². The van der Waals surface area contributed by atoms with Gasteiger partial charge in [0.25, 0.3) is 0 Å². The van der Waals surface area contributed by atoms with Gasteiger partial charge in [0.05, 0.1) is 0 Å². The molecule has 0 radical (unpaired) electrons. The van der Waals surface area contributed by atoms with E-state index in [2.05, 4.69) is 16.1 Å².